The quantitative estimate of drug-likeness (QED) is 0.810. The molecule has 3 aliphatic rings. The molecule has 7 heteroatoms. The molecule has 1 aromatic heterocycles. The van der Waals surface area contributed by atoms with Gasteiger partial charge in [-0.2, -0.15) is 4.98 Å². The van der Waals surface area contributed by atoms with E-state index >= 15 is 0 Å². The molecule has 0 aromatic carbocycles. The molecule has 0 bridgehead atoms. The first-order chi connectivity index (χ1) is 12.1. The SMILES string of the molecule is COCc1nc(C2CC3(CCN(C(=O)CC4CC4)CC3)CN2C)no1. The van der Waals surface area contributed by atoms with Crippen LogP contribution in [-0.2, 0) is 16.1 Å². The van der Waals surface area contributed by atoms with Gasteiger partial charge < -0.3 is 14.2 Å². The van der Waals surface area contributed by atoms with Crippen LogP contribution < -0.4 is 0 Å². The van der Waals surface area contributed by atoms with Gasteiger partial charge >= 0.3 is 0 Å². The third-order valence-corrected chi connectivity index (χ3v) is 6.13. The molecule has 1 unspecified atom stereocenters. The molecule has 0 radical (unpaired) electrons. The van der Waals surface area contributed by atoms with Crippen LogP contribution in [0.2, 0.25) is 0 Å². The molecule has 1 atom stereocenters. The first kappa shape index (κ1) is 17.0. The minimum Gasteiger partial charge on any atom is -0.375 e. The zero-order valence-electron chi connectivity index (χ0n) is 15.2. The summed E-state index contributed by atoms with van der Waals surface area (Å²) < 4.78 is 10.3. The van der Waals surface area contributed by atoms with Crippen LogP contribution in [0.3, 0.4) is 0 Å². The van der Waals surface area contributed by atoms with Gasteiger partial charge in [-0.3, -0.25) is 9.69 Å². The molecule has 1 amide bonds. The maximum atomic E-state index is 12.3. The molecule has 7 nitrogen and oxygen atoms in total. The van der Waals surface area contributed by atoms with Crippen molar-refractivity contribution in [2.24, 2.45) is 11.3 Å². The number of carbonyl (C=O) groups is 1. The van der Waals surface area contributed by atoms with Gasteiger partial charge in [0.05, 0.1) is 6.04 Å². The van der Waals surface area contributed by atoms with Crippen molar-refractivity contribution in [3.8, 4) is 0 Å². The number of rotatable bonds is 5. The maximum absolute atomic E-state index is 12.3. The summed E-state index contributed by atoms with van der Waals surface area (Å²) in [6.45, 7) is 3.18. The number of likely N-dealkylation sites (tertiary alicyclic amines) is 2. The van der Waals surface area contributed by atoms with E-state index in [2.05, 4.69) is 27.0 Å². The fourth-order valence-corrected chi connectivity index (χ4v) is 4.43. The second-order valence-electron chi connectivity index (χ2n) is 8.14. The van der Waals surface area contributed by atoms with E-state index < -0.39 is 0 Å². The predicted molar refractivity (Wildman–Crippen MR) is 90.6 cm³/mol. The highest BCUT2D eigenvalue weighted by molar-refractivity contribution is 5.76. The lowest BCUT2D eigenvalue weighted by Crippen LogP contribution is -2.44. The summed E-state index contributed by atoms with van der Waals surface area (Å²) in [6.07, 6.45) is 6.44. The Bertz CT molecular complexity index is 620. The summed E-state index contributed by atoms with van der Waals surface area (Å²) in [4.78, 5) is 21.2. The molecule has 1 saturated carbocycles. The van der Waals surface area contributed by atoms with Crippen LogP contribution in [0, 0.1) is 11.3 Å². The monoisotopic (exact) mass is 348 g/mol. The second kappa shape index (κ2) is 6.68. The summed E-state index contributed by atoms with van der Waals surface area (Å²) in [6, 6.07) is 0.197. The molecule has 2 saturated heterocycles. The minimum atomic E-state index is 0.197. The molecule has 0 N–H and O–H groups in total. The number of nitrogens with zero attached hydrogens (tertiary/aromatic N) is 4. The predicted octanol–water partition coefficient (Wildman–Crippen LogP) is 2.00. The van der Waals surface area contributed by atoms with Crippen molar-refractivity contribution in [3.05, 3.63) is 11.7 Å². The first-order valence-electron chi connectivity index (χ1n) is 9.38. The Hall–Kier alpha value is -1.47. The van der Waals surface area contributed by atoms with Crippen molar-refractivity contribution < 1.29 is 14.1 Å². The largest absolute Gasteiger partial charge is 0.375 e. The Morgan fingerprint density at radius 2 is 2.12 bits per heavy atom. The number of ether oxygens (including phenoxy) is 1. The number of hydrogen-bond acceptors (Lipinski definition) is 6. The van der Waals surface area contributed by atoms with Gasteiger partial charge in [-0.05, 0) is 50.5 Å². The molecule has 1 spiro atoms. The topological polar surface area (TPSA) is 71.7 Å². The zero-order chi connectivity index (χ0) is 17.4. The van der Waals surface area contributed by atoms with E-state index in [-0.39, 0.29) is 11.5 Å². The van der Waals surface area contributed by atoms with Crippen LogP contribution in [-0.4, -0.2) is 59.6 Å². The lowest BCUT2D eigenvalue weighted by molar-refractivity contribution is -0.133. The molecule has 25 heavy (non-hydrogen) atoms. The minimum absolute atomic E-state index is 0.197. The van der Waals surface area contributed by atoms with Crippen molar-refractivity contribution in [2.45, 2.75) is 51.2 Å². The van der Waals surface area contributed by atoms with E-state index in [1.165, 1.54) is 12.8 Å². The van der Waals surface area contributed by atoms with Crippen LogP contribution in [0.15, 0.2) is 4.52 Å². The van der Waals surface area contributed by atoms with Crippen LogP contribution in [0.25, 0.3) is 0 Å². The third kappa shape index (κ3) is 3.58. The van der Waals surface area contributed by atoms with E-state index in [1.54, 1.807) is 7.11 Å². The van der Waals surface area contributed by atoms with E-state index in [0.717, 1.165) is 51.1 Å². The van der Waals surface area contributed by atoms with Gasteiger partial charge in [0, 0.05) is 33.2 Å². The molecular weight excluding hydrogens is 320 g/mol. The van der Waals surface area contributed by atoms with Crippen LogP contribution in [0.5, 0.6) is 0 Å². The van der Waals surface area contributed by atoms with Crippen LogP contribution >= 0.6 is 0 Å². The average molecular weight is 348 g/mol. The Labute approximate surface area is 148 Å². The van der Waals surface area contributed by atoms with Gasteiger partial charge in [0.25, 0.3) is 5.89 Å². The zero-order valence-corrected chi connectivity index (χ0v) is 15.2. The standard InChI is InChI=1S/C18H28N4O3/c1-21-12-18(10-14(21)17-19-15(11-24-2)25-20-17)5-7-22(8-6-18)16(23)9-13-3-4-13/h13-14H,3-12H2,1-2H3. The molecule has 3 fully saturated rings. The van der Waals surface area contributed by atoms with Gasteiger partial charge in [0.1, 0.15) is 6.61 Å². The molecule has 2 aliphatic heterocycles. The van der Waals surface area contributed by atoms with Crippen molar-refractivity contribution >= 4 is 5.91 Å². The molecule has 3 heterocycles. The van der Waals surface area contributed by atoms with Gasteiger partial charge in [-0.25, -0.2) is 0 Å². The Kier molecular flexibility index (Phi) is 4.54. The lowest BCUT2D eigenvalue weighted by atomic mass is 9.76. The van der Waals surface area contributed by atoms with Crippen molar-refractivity contribution in [2.75, 3.05) is 33.8 Å². The molecule has 1 aromatic rings. The normalized spacial score (nSPS) is 26.5. The molecular formula is C18H28N4O3. The lowest BCUT2D eigenvalue weighted by Gasteiger charge is -2.39. The Morgan fingerprint density at radius 3 is 2.80 bits per heavy atom. The smallest absolute Gasteiger partial charge is 0.252 e. The van der Waals surface area contributed by atoms with E-state index in [4.69, 9.17) is 9.26 Å². The summed E-state index contributed by atoms with van der Waals surface area (Å²) in [5, 5.41) is 4.16. The van der Waals surface area contributed by atoms with E-state index in [9.17, 15) is 4.79 Å². The van der Waals surface area contributed by atoms with Crippen molar-refractivity contribution in [1.82, 2.24) is 19.9 Å². The number of amides is 1. The summed E-state index contributed by atoms with van der Waals surface area (Å²) in [5.74, 6) is 2.33. The number of aromatic nitrogens is 2. The number of piperidine rings is 1. The fourth-order valence-electron chi connectivity index (χ4n) is 4.43. The highest BCUT2D eigenvalue weighted by atomic mass is 16.5. The molecule has 1 aliphatic carbocycles. The summed E-state index contributed by atoms with van der Waals surface area (Å²) in [7, 11) is 3.76. The first-order valence-corrected chi connectivity index (χ1v) is 9.38. The Morgan fingerprint density at radius 1 is 1.36 bits per heavy atom. The summed E-state index contributed by atoms with van der Waals surface area (Å²) >= 11 is 0. The van der Waals surface area contributed by atoms with Crippen molar-refractivity contribution in [1.29, 1.82) is 0 Å². The second-order valence-corrected chi connectivity index (χ2v) is 8.14. The van der Waals surface area contributed by atoms with Gasteiger partial charge in [-0.15, -0.1) is 0 Å². The van der Waals surface area contributed by atoms with Crippen molar-refractivity contribution in [3.63, 3.8) is 0 Å². The van der Waals surface area contributed by atoms with Gasteiger partial charge in [0.15, 0.2) is 5.82 Å². The number of carbonyl (C=O) groups excluding carboxylic acids is 1. The van der Waals surface area contributed by atoms with Gasteiger partial charge in [-0.1, -0.05) is 5.16 Å². The van der Waals surface area contributed by atoms with Gasteiger partial charge in [0.2, 0.25) is 5.91 Å². The average Bonchev–Trinajstić information content (AvgIpc) is 3.18. The van der Waals surface area contributed by atoms with E-state index in [1.807, 2.05) is 0 Å². The Balaban J connectivity index is 1.36. The van der Waals surface area contributed by atoms with Crippen LogP contribution in [0.1, 0.15) is 56.3 Å². The maximum Gasteiger partial charge on any atom is 0.252 e. The fraction of sp³-hybridized carbons (Fsp3) is 0.833. The molecule has 4 rings (SSSR count). The van der Waals surface area contributed by atoms with E-state index in [0.29, 0.717) is 24.3 Å². The number of methoxy groups -OCH3 is 1. The highest BCUT2D eigenvalue weighted by Crippen LogP contribution is 2.48. The number of hydrogen-bond donors (Lipinski definition) is 0. The molecule has 138 valence electrons. The highest BCUT2D eigenvalue weighted by Gasteiger charge is 2.46. The van der Waals surface area contributed by atoms with Crippen LogP contribution in [0.4, 0.5) is 0 Å². The third-order valence-electron chi connectivity index (χ3n) is 6.13. The summed E-state index contributed by atoms with van der Waals surface area (Å²) in [5.41, 5.74) is 0.276.